The minimum atomic E-state index is -1.83. The van der Waals surface area contributed by atoms with Crippen molar-refractivity contribution in [3.8, 4) is 89.0 Å². The summed E-state index contributed by atoms with van der Waals surface area (Å²) in [5, 5.41) is 0.750. The van der Waals surface area contributed by atoms with Crippen molar-refractivity contribution in [1.82, 2.24) is 0 Å². The van der Waals surface area contributed by atoms with Crippen LogP contribution in [0.5, 0.6) is 0 Å². The van der Waals surface area contributed by atoms with Crippen LogP contribution in [-0.4, -0.2) is 33.3 Å². The minimum absolute atomic E-state index is 0. The molecule has 0 aromatic heterocycles. The van der Waals surface area contributed by atoms with E-state index >= 15 is 0 Å². The molecular weight excluding hydrogens is 1270 g/mol. The molecular formula is C86H106FeO4Si4-6. The summed E-state index contributed by atoms with van der Waals surface area (Å²) >= 11 is 0. The summed E-state index contributed by atoms with van der Waals surface area (Å²) in [6.07, 6.45) is 0. The Labute approximate surface area is 587 Å². The molecule has 0 aliphatic heterocycles. The maximum absolute atomic E-state index is 6.55. The van der Waals surface area contributed by atoms with E-state index in [0.29, 0.717) is 26.4 Å². The second kappa shape index (κ2) is 30.2. The zero-order chi connectivity index (χ0) is 68.1. The van der Waals surface area contributed by atoms with Crippen LogP contribution < -0.4 is 0 Å². The van der Waals surface area contributed by atoms with Crippen LogP contribution in [0.25, 0.3) is 89.0 Å². The summed E-state index contributed by atoms with van der Waals surface area (Å²) in [6.45, 7) is 48.6. The zero-order valence-corrected chi connectivity index (χ0v) is 65.9. The molecule has 10 aromatic rings. The molecule has 0 aliphatic carbocycles. The van der Waals surface area contributed by atoms with Gasteiger partial charge in [-0.15, -0.1) is 23.8 Å². The van der Waals surface area contributed by atoms with Gasteiger partial charge < -0.3 is 69.3 Å². The van der Waals surface area contributed by atoms with Crippen molar-refractivity contribution in [1.29, 1.82) is 0 Å². The Morgan fingerprint density at radius 1 is 0.305 bits per heavy atom. The van der Waals surface area contributed by atoms with E-state index in [2.05, 4.69) is 366 Å². The van der Waals surface area contributed by atoms with Gasteiger partial charge in [-0.3, -0.25) is 5.56 Å². The molecule has 0 aliphatic rings. The molecule has 0 unspecified atom stereocenters. The van der Waals surface area contributed by atoms with Crippen LogP contribution in [0.1, 0.15) is 105 Å². The third-order valence-corrected chi connectivity index (χ3v) is 39.0. The monoisotopic (exact) mass is 1370 g/mol. The molecule has 4 nitrogen and oxygen atoms in total. The van der Waals surface area contributed by atoms with E-state index in [-0.39, 0.29) is 37.2 Å². The fraction of sp³-hybridized carbons (Fsp3) is 0.326. The van der Waals surface area contributed by atoms with Crippen LogP contribution >= 0.6 is 0 Å². The van der Waals surface area contributed by atoms with Gasteiger partial charge in [0.15, 0.2) is 33.3 Å². The third kappa shape index (κ3) is 17.9. The van der Waals surface area contributed by atoms with Crippen molar-refractivity contribution >= 4 is 33.3 Å². The first-order chi connectivity index (χ1) is 44.1. The van der Waals surface area contributed by atoms with Crippen LogP contribution in [0.2, 0.25) is 72.5 Å². The summed E-state index contributed by atoms with van der Waals surface area (Å²) in [7, 11) is -7.32. The van der Waals surface area contributed by atoms with E-state index in [1.165, 1.54) is 111 Å². The molecule has 95 heavy (non-hydrogen) atoms. The molecule has 0 heterocycles. The van der Waals surface area contributed by atoms with E-state index < -0.39 is 33.3 Å². The van der Waals surface area contributed by atoms with Crippen molar-refractivity contribution in [2.75, 3.05) is 0 Å². The number of hydrogen-bond donors (Lipinski definition) is 0. The average Bonchev–Trinajstić information content (AvgIpc) is 1.62. The van der Waals surface area contributed by atoms with E-state index in [0.717, 1.165) is 0 Å². The predicted molar refractivity (Wildman–Crippen MR) is 416 cm³/mol. The first kappa shape index (κ1) is 74.5. The predicted octanol–water partition coefficient (Wildman–Crippen LogP) is 26.2. The first-order valence-electron chi connectivity index (χ1n) is 34.0. The molecule has 0 radical (unpaired) electrons. The first-order valence-corrected chi connectivity index (χ1v) is 45.6. The van der Waals surface area contributed by atoms with Crippen LogP contribution in [0.15, 0.2) is 231 Å². The molecule has 0 atom stereocenters. The summed E-state index contributed by atoms with van der Waals surface area (Å²) in [5.41, 5.74) is 24.6. The van der Waals surface area contributed by atoms with Gasteiger partial charge in [-0.25, -0.2) is 0 Å². The van der Waals surface area contributed by atoms with Crippen LogP contribution in [-0.2, 0) is 61.2 Å². The van der Waals surface area contributed by atoms with Gasteiger partial charge in [0.2, 0.25) is 0 Å². The van der Waals surface area contributed by atoms with Gasteiger partial charge in [-0.2, -0.15) is 42.0 Å². The number of hydrogen-bond acceptors (Lipinski definition) is 4. The quantitative estimate of drug-likeness (QED) is 0.0563. The topological polar surface area (TPSA) is 36.9 Å². The second-order valence-corrected chi connectivity index (χ2v) is 51.1. The van der Waals surface area contributed by atoms with E-state index in [4.69, 9.17) is 17.7 Å². The van der Waals surface area contributed by atoms with Crippen molar-refractivity contribution in [2.45, 2.75) is 182 Å². The van der Waals surface area contributed by atoms with Gasteiger partial charge in [0, 0.05) is 17.1 Å². The normalized spacial score (nSPS) is 12.7. The Morgan fingerprint density at radius 2 is 0.579 bits per heavy atom. The molecule has 0 saturated carbocycles. The molecule has 0 saturated heterocycles. The van der Waals surface area contributed by atoms with E-state index in [1.807, 2.05) is 0 Å². The second-order valence-electron chi connectivity index (χ2n) is 31.9. The Balaban J connectivity index is 0.000000241. The molecule has 10 aromatic carbocycles. The largest absolute Gasteiger partial charge is 0.533 e. The van der Waals surface area contributed by atoms with Crippen molar-refractivity contribution in [3.63, 3.8) is 0 Å². The molecule has 0 amide bonds. The standard InChI is InChI=1S/2C43H53O2Si2.Fe/c2*1-42(2,3)46(7,8)44-30-32-21-25-34(26-22-32)38-29-39(35-27-23-33(24-28-35)31-45-47(9,10)43(4,5)6)41(37-19-15-12-16-20-37)40(38)36-17-13-11-14-18-36;/h2*11-29H,30-31H2,1-10H3;/q-5;-1;. The van der Waals surface area contributed by atoms with Crippen LogP contribution in [0.3, 0.4) is 0 Å². The zero-order valence-electron chi connectivity index (χ0n) is 60.8. The summed E-state index contributed by atoms with van der Waals surface area (Å²) in [5.74, 6) is 0. The molecule has 10 rings (SSSR count). The minimum Gasteiger partial charge on any atom is -0.533 e. The van der Waals surface area contributed by atoms with E-state index in [1.54, 1.807) is 0 Å². The number of benzene rings is 8. The Hall–Kier alpha value is -6.31. The van der Waals surface area contributed by atoms with Gasteiger partial charge in [-0.05, 0) is 89.2 Å². The Bertz CT molecular complexity index is 3520. The maximum Gasteiger partial charge on any atom is 0.192 e. The summed E-state index contributed by atoms with van der Waals surface area (Å²) < 4.78 is 26.2. The van der Waals surface area contributed by atoms with Crippen molar-refractivity contribution in [2.24, 2.45) is 0 Å². The average molecular weight is 1370 g/mol. The van der Waals surface area contributed by atoms with Gasteiger partial charge in [0.05, 0.1) is 26.4 Å². The summed E-state index contributed by atoms with van der Waals surface area (Å²) in [6, 6.07) is 84.2. The molecule has 0 N–H and O–H groups in total. The summed E-state index contributed by atoms with van der Waals surface area (Å²) in [4.78, 5) is 0. The van der Waals surface area contributed by atoms with Gasteiger partial charge in [0.1, 0.15) is 0 Å². The number of rotatable bonds is 20. The van der Waals surface area contributed by atoms with Crippen molar-refractivity contribution in [3.05, 3.63) is 253 Å². The van der Waals surface area contributed by atoms with Crippen molar-refractivity contribution < 1.29 is 34.8 Å². The fourth-order valence-corrected chi connectivity index (χ4v) is 14.5. The fourth-order valence-electron chi connectivity index (χ4n) is 10.7. The van der Waals surface area contributed by atoms with Crippen LogP contribution in [0.4, 0.5) is 0 Å². The Kier molecular flexibility index (Phi) is 23.7. The van der Waals surface area contributed by atoms with Crippen LogP contribution in [0, 0.1) is 0 Å². The van der Waals surface area contributed by atoms with E-state index in [9.17, 15) is 0 Å². The smallest absolute Gasteiger partial charge is 0.192 e. The molecule has 0 fully saturated rings. The molecule has 0 bridgehead atoms. The maximum atomic E-state index is 6.55. The SMILES string of the molecule is CC(C)(C)[Si](C)(C)OCc1ccc(-[c-]2[cH-][c-](-c3ccc(CO[Si](C)(C)C(C)(C)C)cc3)[c-](-c3ccccc3)[c-]2-c2ccccc2)cc1.CC(C)(C)[Si](C)(C)OCc1ccc(-c2c[c-](-c3ccc(CO[Si](C)(C)C(C)(C)C)cc3)c(-c3ccccc3)c2-c2ccccc2)cc1.[Fe]. The van der Waals surface area contributed by atoms with Gasteiger partial charge >= 0.3 is 0 Å². The molecule has 9 heteroatoms. The Morgan fingerprint density at radius 3 is 0.884 bits per heavy atom. The third-order valence-electron chi connectivity index (χ3n) is 21.1. The molecule has 504 valence electrons. The van der Waals surface area contributed by atoms with Gasteiger partial charge in [-0.1, -0.05) is 285 Å². The molecule has 0 spiro atoms. The van der Waals surface area contributed by atoms with Gasteiger partial charge in [0.25, 0.3) is 0 Å².